The molecule has 4 heterocycles. The van der Waals surface area contributed by atoms with Crippen LogP contribution in [0.5, 0.6) is 0 Å². The number of nitrogens with one attached hydrogen (secondary N) is 2. The second-order valence-electron chi connectivity index (χ2n) is 10.2. The molecule has 2 N–H and O–H groups in total. The van der Waals surface area contributed by atoms with Crippen molar-refractivity contribution in [1.29, 1.82) is 5.26 Å². The summed E-state index contributed by atoms with van der Waals surface area (Å²) in [5, 5.41) is 12.8. The average Bonchev–Trinajstić information content (AvgIpc) is 3.49. The molecule has 2 bridgehead atoms. The lowest BCUT2D eigenvalue weighted by Gasteiger charge is -2.28. The van der Waals surface area contributed by atoms with Crippen LogP contribution in [-0.4, -0.2) is 49.7 Å². The molecule has 0 aliphatic carbocycles. The minimum atomic E-state index is -4.66. The van der Waals surface area contributed by atoms with Gasteiger partial charge in [-0.3, -0.25) is 0 Å². The number of anilines is 1. The Labute approximate surface area is 205 Å². The van der Waals surface area contributed by atoms with Crippen LogP contribution in [0.15, 0.2) is 30.6 Å². The number of nitriles is 1. The number of amides is 1. The lowest BCUT2D eigenvalue weighted by Crippen LogP contribution is -2.42. The number of H-pyrrole nitrogens is 1. The van der Waals surface area contributed by atoms with Crippen LogP contribution in [0, 0.1) is 11.3 Å². The summed E-state index contributed by atoms with van der Waals surface area (Å²) in [6.45, 7) is 5.42. The van der Waals surface area contributed by atoms with E-state index in [9.17, 15) is 18.0 Å². The molecule has 1 unspecified atom stereocenters. The Morgan fingerprint density at radius 3 is 2.75 bits per heavy atom. The third-order valence-corrected chi connectivity index (χ3v) is 6.62. The molecule has 188 valence electrons. The van der Waals surface area contributed by atoms with Gasteiger partial charge in [-0.15, -0.1) is 0 Å². The van der Waals surface area contributed by atoms with E-state index in [1.54, 1.807) is 23.1 Å². The van der Waals surface area contributed by atoms with Gasteiger partial charge in [-0.05, 0) is 52.2 Å². The first-order valence-electron chi connectivity index (χ1n) is 11.7. The summed E-state index contributed by atoms with van der Waals surface area (Å²) in [4.78, 5) is 25.7. The summed E-state index contributed by atoms with van der Waals surface area (Å²) in [5.74, 6) is 0.0580. The maximum atomic E-state index is 13.9. The third kappa shape index (κ3) is 4.32. The maximum Gasteiger partial charge on any atom is 0.419 e. The fourth-order valence-corrected chi connectivity index (χ4v) is 5.16. The summed E-state index contributed by atoms with van der Waals surface area (Å²) in [6, 6.07) is 6.38. The Kier molecular flexibility index (Phi) is 5.58. The monoisotopic (exact) mass is 498 g/mol. The molecule has 36 heavy (non-hydrogen) atoms. The number of ether oxygens (including phenoxy) is 1. The molecule has 11 heteroatoms. The SMILES string of the molecule is CC(C)(C)OC(=O)N1C2CC[C@@H]1[C@H](Nc1ncc(C(F)(F)F)c(-c3c[nH]c4cc(C#N)ccc34)n1)C2. The van der Waals surface area contributed by atoms with Gasteiger partial charge in [-0.1, -0.05) is 6.07 Å². The van der Waals surface area contributed by atoms with Gasteiger partial charge in [-0.2, -0.15) is 18.4 Å². The second kappa shape index (κ2) is 8.40. The zero-order chi connectivity index (χ0) is 25.8. The van der Waals surface area contributed by atoms with E-state index < -0.39 is 17.3 Å². The molecule has 2 fully saturated rings. The predicted octanol–water partition coefficient (Wildman–Crippen LogP) is 5.47. The highest BCUT2D eigenvalue weighted by Crippen LogP contribution is 2.41. The van der Waals surface area contributed by atoms with E-state index in [0.717, 1.165) is 19.0 Å². The predicted molar refractivity (Wildman–Crippen MR) is 126 cm³/mol. The van der Waals surface area contributed by atoms with Gasteiger partial charge in [0.1, 0.15) is 11.2 Å². The Hall–Kier alpha value is -3.81. The van der Waals surface area contributed by atoms with E-state index in [0.29, 0.717) is 22.9 Å². The van der Waals surface area contributed by atoms with Crippen molar-refractivity contribution in [2.75, 3.05) is 5.32 Å². The minimum absolute atomic E-state index is 0.000726. The molecule has 0 spiro atoms. The Balaban J connectivity index is 1.46. The van der Waals surface area contributed by atoms with Gasteiger partial charge in [0.05, 0.1) is 29.4 Å². The highest BCUT2D eigenvalue weighted by atomic mass is 19.4. The summed E-state index contributed by atoms with van der Waals surface area (Å²) in [5.41, 5.74) is -0.657. The number of nitrogens with zero attached hydrogens (tertiary/aromatic N) is 4. The van der Waals surface area contributed by atoms with Crippen LogP contribution in [0.4, 0.5) is 23.9 Å². The van der Waals surface area contributed by atoms with E-state index in [1.807, 2.05) is 26.8 Å². The molecule has 2 saturated heterocycles. The van der Waals surface area contributed by atoms with Gasteiger partial charge >= 0.3 is 12.3 Å². The summed E-state index contributed by atoms with van der Waals surface area (Å²) >= 11 is 0. The van der Waals surface area contributed by atoms with Crippen LogP contribution in [0.25, 0.3) is 22.2 Å². The first kappa shape index (κ1) is 23.9. The smallest absolute Gasteiger partial charge is 0.419 e. The zero-order valence-electron chi connectivity index (χ0n) is 20.0. The third-order valence-electron chi connectivity index (χ3n) is 6.62. The van der Waals surface area contributed by atoms with Crippen LogP contribution in [0.3, 0.4) is 0 Å². The van der Waals surface area contributed by atoms with Crippen molar-refractivity contribution in [3.8, 4) is 17.3 Å². The standard InChI is InChI=1S/C25H25F3N6O2/c1-24(2,3)36-23(35)34-14-5-7-20(34)19(9-14)32-22-31-12-17(25(26,27)28)21(33-22)16-11-30-18-8-13(10-29)4-6-15(16)18/h4,6,8,11-12,14,19-20,30H,5,7,9H2,1-3H3,(H,31,32,33)/t14?,19-,20-/m1/s1. The number of alkyl halides is 3. The van der Waals surface area contributed by atoms with Gasteiger partial charge in [0.2, 0.25) is 5.95 Å². The molecule has 8 nitrogen and oxygen atoms in total. The van der Waals surface area contributed by atoms with Gasteiger partial charge in [0.25, 0.3) is 0 Å². The fraction of sp³-hybridized carbons (Fsp3) is 0.440. The summed E-state index contributed by atoms with van der Waals surface area (Å²) in [6.07, 6.45) is -0.567. The zero-order valence-corrected chi connectivity index (χ0v) is 20.0. The van der Waals surface area contributed by atoms with Crippen LogP contribution in [0.2, 0.25) is 0 Å². The number of rotatable bonds is 3. The van der Waals surface area contributed by atoms with Crippen molar-refractivity contribution in [2.45, 2.75) is 69.9 Å². The van der Waals surface area contributed by atoms with Crippen LogP contribution in [0.1, 0.15) is 51.2 Å². The van der Waals surface area contributed by atoms with E-state index >= 15 is 0 Å². The molecular formula is C25H25F3N6O2. The molecular weight excluding hydrogens is 473 g/mol. The van der Waals surface area contributed by atoms with Crippen molar-refractivity contribution < 1.29 is 22.7 Å². The van der Waals surface area contributed by atoms with Gasteiger partial charge < -0.3 is 19.9 Å². The number of carbonyl (C=O) groups excluding carboxylic acids is 1. The number of aromatic amines is 1. The average molecular weight is 499 g/mol. The van der Waals surface area contributed by atoms with Crippen molar-refractivity contribution in [2.24, 2.45) is 0 Å². The van der Waals surface area contributed by atoms with E-state index in [1.165, 1.54) is 6.20 Å². The van der Waals surface area contributed by atoms with Crippen LogP contribution in [-0.2, 0) is 10.9 Å². The molecule has 0 radical (unpaired) electrons. The summed E-state index contributed by atoms with van der Waals surface area (Å²) < 4.78 is 47.2. The van der Waals surface area contributed by atoms with Crippen LogP contribution >= 0.6 is 0 Å². The largest absolute Gasteiger partial charge is 0.444 e. The Morgan fingerprint density at radius 1 is 1.28 bits per heavy atom. The molecule has 2 aliphatic rings. The Morgan fingerprint density at radius 2 is 2.06 bits per heavy atom. The van der Waals surface area contributed by atoms with Crippen molar-refractivity contribution in [3.05, 3.63) is 41.7 Å². The quantitative estimate of drug-likeness (QED) is 0.496. The number of benzene rings is 1. The molecule has 2 aromatic heterocycles. The normalized spacial score (nSPS) is 21.6. The summed E-state index contributed by atoms with van der Waals surface area (Å²) in [7, 11) is 0. The number of halogens is 3. The van der Waals surface area contributed by atoms with Crippen molar-refractivity contribution in [3.63, 3.8) is 0 Å². The number of carbonyl (C=O) groups is 1. The van der Waals surface area contributed by atoms with Gasteiger partial charge in [0, 0.05) is 34.9 Å². The van der Waals surface area contributed by atoms with E-state index in [2.05, 4.69) is 20.3 Å². The maximum absolute atomic E-state index is 13.9. The van der Waals surface area contributed by atoms with Crippen molar-refractivity contribution >= 4 is 22.9 Å². The van der Waals surface area contributed by atoms with Gasteiger partial charge in [0.15, 0.2) is 0 Å². The number of hydrogen-bond acceptors (Lipinski definition) is 6. The topological polar surface area (TPSA) is 107 Å². The molecule has 1 amide bonds. The molecule has 2 aliphatic heterocycles. The Bertz CT molecular complexity index is 1370. The molecule has 5 rings (SSSR count). The minimum Gasteiger partial charge on any atom is -0.444 e. The van der Waals surface area contributed by atoms with E-state index in [-0.39, 0.29) is 41.4 Å². The lowest BCUT2D eigenvalue weighted by molar-refractivity contribution is -0.137. The number of hydrogen-bond donors (Lipinski definition) is 2. The number of fused-ring (bicyclic) bond motifs is 3. The highest BCUT2D eigenvalue weighted by molar-refractivity contribution is 5.96. The van der Waals surface area contributed by atoms with Crippen LogP contribution < -0.4 is 5.32 Å². The fourth-order valence-electron chi connectivity index (χ4n) is 5.16. The molecule has 3 aromatic rings. The van der Waals surface area contributed by atoms with Gasteiger partial charge in [-0.25, -0.2) is 14.8 Å². The van der Waals surface area contributed by atoms with Crippen molar-refractivity contribution in [1.82, 2.24) is 19.9 Å². The molecule has 1 aromatic carbocycles. The molecule has 0 saturated carbocycles. The molecule has 3 atom stereocenters. The lowest BCUT2D eigenvalue weighted by atomic mass is 9.96. The van der Waals surface area contributed by atoms with E-state index in [4.69, 9.17) is 10.00 Å². The number of aromatic nitrogens is 3. The highest BCUT2D eigenvalue weighted by Gasteiger charge is 2.50. The first-order valence-corrected chi connectivity index (χ1v) is 11.7. The second-order valence-corrected chi connectivity index (χ2v) is 10.2. The first-order chi connectivity index (χ1) is 16.9.